The van der Waals surface area contributed by atoms with Crippen molar-refractivity contribution in [3.05, 3.63) is 63.5 Å². The highest BCUT2D eigenvalue weighted by atomic mass is 32.1. The van der Waals surface area contributed by atoms with Gasteiger partial charge in [-0.25, -0.2) is 0 Å². The standard InChI is InChI=1S/C24H29N5O2S/c1-3-15-28-23(31)22-19(14-16-32-22)29-20(26-27-24(28)29)10-7-11-21(30)25-17(2)12-13-18-8-5-4-6-9-18/h4-6,8-9,14,16-17H,3,7,10-13,15H2,1-2H3,(H,25,30)/t17-/m1/s1. The van der Waals surface area contributed by atoms with Crippen molar-refractivity contribution in [2.24, 2.45) is 0 Å². The van der Waals surface area contributed by atoms with Gasteiger partial charge in [-0.2, -0.15) is 0 Å². The fraction of sp³-hybridized carbons (Fsp3) is 0.417. The van der Waals surface area contributed by atoms with Crippen LogP contribution in [0.1, 0.15) is 50.9 Å². The summed E-state index contributed by atoms with van der Waals surface area (Å²) < 4.78 is 4.40. The van der Waals surface area contributed by atoms with Crippen molar-refractivity contribution in [3.8, 4) is 0 Å². The van der Waals surface area contributed by atoms with E-state index in [-0.39, 0.29) is 17.5 Å². The first-order valence-corrected chi connectivity index (χ1v) is 12.1. The predicted molar refractivity (Wildman–Crippen MR) is 128 cm³/mol. The molecule has 0 aliphatic carbocycles. The molecule has 0 bridgehead atoms. The van der Waals surface area contributed by atoms with E-state index >= 15 is 0 Å². The minimum atomic E-state index is -0.00725. The van der Waals surface area contributed by atoms with Crippen LogP contribution in [-0.4, -0.2) is 31.1 Å². The zero-order chi connectivity index (χ0) is 22.5. The van der Waals surface area contributed by atoms with Crippen LogP contribution >= 0.6 is 11.3 Å². The number of thiophene rings is 1. The second-order valence-electron chi connectivity index (χ2n) is 8.19. The molecule has 0 fully saturated rings. The summed E-state index contributed by atoms with van der Waals surface area (Å²) in [5.74, 6) is 1.43. The smallest absolute Gasteiger partial charge is 0.272 e. The molecular weight excluding hydrogens is 422 g/mol. The second kappa shape index (κ2) is 10.1. The average Bonchev–Trinajstić information content (AvgIpc) is 3.43. The lowest BCUT2D eigenvalue weighted by Crippen LogP contribution is -2.32. The van der Waals surface area contributed by atoms with Crippen LogP contribution in [0.15, 0.2) is 46.6 Å². The highest BCUT2D eigenvalue weighted by molar-refractivity contribution is 7.17. The highest BCUT2D eigenvalue weighted by Gasteiger charge is 2.17. The fourth-order valence-electron chi connectivity index (χ4n) is 4.02. The van der Waals surface area contributed by atoms with E-state index < -0.39 is 0 Å². The van der Waals surface area contributed by atoms with E-state index in [9.17, 15) is 9.59 Å². The molecule has 7 nitrogen and oxygen atoms in total. The molecule has 0 radical (unpaired) electrons. The van der Waals surface area contributed by atoms with Gasteiger partial charge in [-0.05, 0) is 49.6 Å². The number of hydrogen-bond acceptors (Lipinski definition) is 5. The van der Waals surface area contributed by atoms with Crippen LogP contribution in [0.25, 0.3) is 16.0 Å². The molecule has 8 heteroatoms. The van der Waals surface area contributed by atoms with E-state index in [1.54, 1.807) is 4.57 Å². The van der Waals surface area contributed by atoms with Crippen molar-refractivity contribution < 1.29 is 4.79 Å². The Labute approximate surface area is 191 Å². The Morgan fingerprint density at radius 2 is 1.97 bits per heavy atom. The number of nitrogens with zero attached hydrogens (tertiary/aromatic N) is 4. The third-order valence-electron chi connectivity index (χ3n) is 5.65. The molecule has 0 spiro atoms. The number of aryl methyl sites for hydroxylation is 3. The Kier molecular flexibility index (Phi) is 6.99. The number of hydrogen-bond donors (Lipinski definition) is 1. The molecule has 4 rings (SSSR count). The number of carbonyl (C=O) groups excluding carboxylic acids is 1. The van der Waals surface area contributed by atoms with Crippen molar-refractivity contribution in [1.29, 1.82) is 0 Å². The van der Waals surface area contributed by atoms with Crippen LogP contribution in [-0.2, 0) is 24.2 Å². The summed E-state index contributed by atoms with van der Waals surface area (Å²) in [4.78, 5) is 25.2. The molecule has 1 atom stereocenters. The minimum absolute atomic E-state index is 0.00725. The number of fused-ring (bicyclic) bond motifs is 3. The Balaban J connectivity index is 1.37. The largest absolute Gasteiger partial charge is 0.354 e. The Bertz CT molecular complexity index is 1260. The zero-order valence-corrected chi connectivity index (χ0v) is 19.4. The van der Waals surface area contributed by atoms with Gasteiger partial charge >= 0.3 is 0 Å². The molecule has 32 heavy (non-hydrogen) atoms. The van der Waals surface area contributed by atoms with Crippen LogP contribution in [0, 0.1) is 0 Å². The predicted octanol–water partition coefficient (Wildman–Crippen LogP) is 3.98. The maximum atomic E-state index is 12.8. The van der Waals surface area contributed by atoms with Crippen LogP contribution in [0.3, 0.4) is 0 Å². The van der Waals surface area contributed by atoms with E-state index in [0.717, 1.165) is 35.3 Å². The van der Waals surface area contributed by atoms with Gasteiger partial charge in [0.1, 0.15) is 10.5 Å². The van der Waals surface area contributed by atoms with Gasteiger partial charge in [0.2, 0.25) is 11.7 Å². The summed E-state index contributed by atoms with van der Waals surface area (Å²) in [5, 5.41) is 13.7. The highest BCUT2D eigenvalue weighted by Crippen LogP contribution is 2.20. The summed E-state index contributed by atoms with van der Waals surface area (Å²) in [6.07, 6.45) is 4.45. The second-order valence-corrected chi connectivity index (χ2v) is 9.11. The molecule has 168 valence electrons. The van der Waals surface area contributed by atoms with Crippen LogP contribution in [0.4, 0.5) is 0 Å². The summed E-state index contributed by atoms with van der Waals surface area (Å²) in [6, 6.07) is 12.4. The summed E-state index contributed by atoms with van der Waals surface area (Å²) in [5.41, 5.74) is 2.13. The van der Waals surface area contributed by atoms with E-state index in [1.807, 2.05) is 47.9 Å². The first-order valence-electron chi connectivity index (χ1n) is 11.3. The van der Waals surface area contributed by atoms with Crippen molar-refractivity contribution >= 4 is 33.2 Å². The van der Waals surface area contributed by atoms with Crippen molar-refractivity contribution in [2.75, 3.05) is 0 Å². The van der Waals surface area contributed by atoms with Gasteiger partial charge in [0, 0.05) is 25.4 Å². The van der Waals surface area contributed by atoms with Crippen molar-refractivity contribution in [2.45, 2.75) is 65.0 Å². The number of nitrogens with one attached hydrogen (secondary N) is 1. The van der Waals surface area contributed by atoms with Gasteiger partial charge in [0.15, 0.2) is 0 Å². The number of rotatable bonds is 10. The van der Waals surface area contributed by atoms with E-state index in [2.05, 4.69) is 27.6 Å². The van der Waals surface area contributed by atoms with Gasteiger partial charge in [0.25, 0.3) is 5.56 Å². The quantitative estimate of drug-likeness (QED) is 0.395. The molecule has 1 N–H and O–H groups in total. The third kappa shape index (κ3) is 4.75. The number of carbonyl (C=O) groups is 1. The first kappa shape index (κ1) is 22.2. The summed E-state index contributed by atoms with van der Waals surface area (Å²) in [7, 11) is 0. The maximum Gasteiger partial charge on any atom is 0.272 e. The molecule has 0 aliphatic heterocycles. The molecule has 0 saturated heterocycles. The van der Waals surface area contributed by atoms with Gasteiger partial charge in [-0.1, -0.05) is 37.3 Å². The zero-order valence-electron chi connectivity index (χ0n) is 18.6. The summed E-state index contributed by atoms with van der Waals surface area (Å²) >= 11 is 1.45. The third-order valence-corrected chi connectivity index (χ3v) is 6.54. The van der Waals surface area contributed by atoms with Crippen molar-refractivity contribution in [1.82, 2.24) is 24.5 Å². The molecule has 0 aliphatic rings. The molecule has 1 amide bonds. The number of benzene rings is 1. The van der Waals surface area contributed by atoms with Crippen LogP contribution < -0.4 is 10.9 Å². The Morgan fingerprint density at radius 1 is 1.16 bits per heavy atom. The molecular formula is C24H29N5O2S. The molecule has 0 saturated carbocycles. The Morgan fingerprint density at radius 3 is 2.75 bits per heavy atom. The first-order chi connectivity index (χ1) is 15.6. The van der Waals surface area contributed by atoms with Gasteiger partial charge < -0.3 is 5.32 Å². The van der Waals surface area contributed by atoms with Gasteiger partial charge in [-0.15, -0.1) is 21.5 Å². The lowest BCUT2D eigenvalue weighted by atomic mass is 10.1. The van der Waals surface area contributed by atoms with Crippen LogP contribution in [0.5, 0.6) is 0 Å². The van der Waals surface area contributed by atoms with Crippen molar-refractivity contribution in [3.63, 3.8) is 0 Å². The average molecular weight is 452 g/mol. The number of amides is 1. The number of aromatic nitrogens is 4. The van der Waals surface area contributed by atoms with Gasteiger partial charge in [0.05, 0.1) is 5.52 Å². The normalized spacial score (nSPS) is 12.4. The molecule has 0 unspecified atom stereocenters. The molecule has 1 aromatic carbocycles. The minimum Gasteiger partial charge on any atom is -0.354 e. The topological polar surface area (TPSA) is 81.3 Å². The van der Waals surface area contributed by atoms with E-state index in [4.69, 9.17) is 0 Å². The van der Waals surface area contributed by atoms with Gasteiger partial charge in [-0.3, -0.25) is 18.6 Å². The Hall–Kier alpha value is -3.00. The molecule has 4 aromatic rings. The van der Waals surface area contributed by atoms with E-state index in [0.29, 0.717) is 31.6 Å². The lowest BCUT2D eigenvalue weighted by Gasteiger charge is -2.14. The lowest BCUT2D eigenvalue weighted by molar-refractivity contribution is -0.121. The molecule has 3 heterocycles. The molecule has 3 aromatic heterocycles. The maximum absolute atomic E-state index is 12.8. The fourth-order valence-corrected chi connectivity index (χ4v) is 4.85. The summed E-state index contributed by atoms with van der Waals surface area (Å²) in [6.45, 7) is 4.70. The van der Waals surface area contributed by atoms with Crippen LogP contribution in [0.2, 0.25) is 0 Å². The van der Waals surface area contributed by atoms with E-state index in [1.165, 1.54) is 16.9 Å². The SMILES string of the molecule is CCCn1c(=O)c2sccc2n2c(CCCC(=O)N[C@H](C)CCc3ccccc3)nnc12. The monoisotopic (exact) mass is 451 g/mol.